The first-order valence-corrected chi connectivity index (χ1v) is 8.52. The quantitative estimate of drug-likeness (QED) is 0.832. The van der Waals surface area contributed by atoms with Gasteiger partial charge in [0.2, 0.25) is 0 Å². The number of rotatable bonds is 7. The fourth-order valence-corrected chi connectivity index (χ4v) is 3.09. The molecule has 2 heterocycles. The van der Waals surface area contributed by atoms with Crippen LogP contribution in [0.5, 0.6) is 0 Å². The van der Waals surface area contributed by atoms with E-state index in [-0.39, 0.29) is 0 Å². The van der Waals surface area contributed by atoms with Gasteiger partial charge in [-0.2, -0.15) is 0 Å². The molecule has 0 radical (unpaired) electrons. The third kappa shape index (κ3) is 5.27. The molecule has 0 amide bonds. The van der Waals surface area contributed by atoms with Crippen LogP contribution in [0.2, 0.25) is 0 Å². The van der Waals surface area contributed by atoms with E-state index in [1.165, 1.54) is 38.8 Å². The molecule has 21 heavy (non-hydrogen) atoms. The third-order valence-corrected chi connectivity index (χ3v) is 4.23. The predicted octanol–water partition coefficient (Wildman–Crippen LogP) is 3.62. The summed E-state index contributed by atoms with van der Waals surface area (Å²) in [6.45, 7) is 10.8. The minimum atomic E-state index is 0.890. The fourth-order valence-electron chi connectivity index (χ4n) is 3.09. The van der Waals surface area contributed by atoms with Crippen molar-refractivity contribution in [2.75, 3.05) is 25.0 Å². The summed E-state index contributed by atoms with van der Waals surface area (Å²) in [7, 11) is 0. The molecule has 0 aliphatic carbocycles. The maximum Gasteiger partial charge on any atom is 0.144 e. The highest BCUT2D eigenvalue weighted by Crippen LogP contribution is 2.22. The first kappa shape index (κ1) is 16.2. The van der Waals surface area contributed by atoms with E-state index in [2.05, 4.69) is 41.0 Å². The first-order valence-electron chi connectivity index (χ1n) is 8.52. The van der Waals surface area contributed by atoms with Crippen LogP contribution in [-0.4, -0.2) is 34.5 Å². The van der Waals surface area contributed by atoms with Crippen molar-refractivity contribution in [3.63, 3.8) is 0 Å². The molecular weight excluding hydrogens is 260 g/mol. The molecule has 1 N–H and O–H groups in total. The van der Waals surface area contributed by atoms with Crippen molar-refractivity contribution in [2.45, 2.75) is 59.4 Å². The number of nitrogens with zero attached hydrogens (tertiary/aromatic N) is 3. The number of hydrogen-bond donors (Lipinski definition) is 1. The van der Waals surface area contributed by atoms with Crippen molar-refractivity contribution in [2.24, 2.45) is 5.92 Å². The summed E-state index contributed by atoms with van der Waals surface area (Å²) in [6.07, 6.45) is 6.49. The molecule has 1 aromatic rings. The zero-order chi connectivity index (χ0) is 15.1. The second kappa shape index (κ2) is 8.32. The van der Waals surface area contributed by atoms with Gasteiger partial charge in [0.1, 0.15) is 11.6 Å². The summed E-state index contributed by atoms with van der Waals surface area (Å²) in [5.74, 6) is 2.87. The number of nitrogens with one attached hydrogen (secondary N) is 1. The Balaban J connectivity index is 1.89. The van der Waals surface area contributed by atoms with Crippen LogP contribution < -0.4 is 5.32 Å². The van der Waals surface area contributed by atoms with E-state index >= 15 is 0 Å². The lowest BCUT2D eigenvalue weighted by Crippen LogP contribution is -2.33. The van der Waals surface area contributed by atoms with Crippen LogP contribution in [-0.2, 0) is 6.54 Å². The second-order valence-corrected chi connectivity index (χ2v) is 6.25. The van der Waals surface area contributed by atoms with Gasteiger partial charge in [0.25, 0.3) is 0 Å². The number of piperidine rings is 1. The van der Waals surface area contributed by atoms with Crippen LogP contribution in [0.4, 0.5) is 5.82 Å². The third-order valence-electron chi connectivity index (χ3n) is 4.23. The van der Waals surface area contributed by atoms with Gasteiger partial charge in [0, 0.05) is 18.3 Å². The molecule has 0 bridgehead atoms. The normalized spacial score (nSPS) is 17.1. The molecule has 1 aromatic heterocycles. The van der Waals surface area contributed by atoms with Gasteiger partial charge >= 0.3 is 0 Å². The zero-order valence-electron chi connectivity index (χ0n) is 13.9. The number of likely N-dealkylation sites (tertiary alicyclic amines) is 1. The van der Waals surface area contributed by atoms with Crippen molar-refractivity contribution in [3.8, 4) is 0 Å². The maximum absolute atomic E-state index is 4.66. The highest BCUT2D eigenvalue weighted by molar-refractivity contribution is 5.35. The minimum absolute atomic E-state index is 0.890. The average Bonchev–Trinajstić information content (AvgIpc) is 2.47. The number of aryl methyl sites for hydroxylation is 1. The van der Waals surface area contributed by atoms with Gasteiger partial charge in [0.15, 0.2) is 0 Å². The Morgan fingerprint density at radius 3 is 2.62 bits per heavy atom. The molecular formula is C17H30N4. The summed E-state index contributed by atoms with van der Waals surface area (Å²) in [5, 5.41) is 3.37. The summed E-state index contributed by atoms with van der Waals surface area (Å²) >= 11 is 0. The second-order valence-electron chi connectivity index (χ2n) is 6.25. The van der Waals surface area contributed by atoms with Crippen LogP contribution in [0.3, 0.4) is 0 Å². The molecule has 1 aliphatic rings. The first-order chi connectivity index (χ1) is 10.2. The van der Waals surface area contributed by atoms with Crippen molar-refractivity contribution in [1.29, 1.82) is 0 Å². The van der Waals surface area contributed by atoms with Gasteiger partial charge < -0.3 is 5.32 Å². The van der Waals surface area contributed by atoms with Crippen LogP contribution in [0, 0.1) is 12.8 Å². The standard InChI is InChI=1S/C17H30N4/c1-4-6-15-7-10-21(11-8-15)13-17-19-14(3)12-16(20-17)18-9-5-2/h12,15H,4-11,13H2,1-3H3,(H,18,19,20). The molecule has 1 aliphatic heterocycles. The zero-order valence-corrected chi connectivity index (χ0v) is 13.9. The number of hydrogen-bond acceptors (Lipinski definition) is 4. The van der Waals surface area contributed by atoms with Crippen molar-refractivity contribution < 1.29 is 0 Å². The van der Waals surface area contributed by atoms with Crippen LogP contribution in [0.15, 0.2) is 6.07 Å². The summed E-state index contributed by atoms with van der Waals surface area (Å²) < 4.78 is 0. The Kier molecular flexibility index (Phi) is 6.43. The molecule has 4 nitrogen and oxygen atoms in total. The average molecular weight is 290 g/mol. The Labute approximate surface area is 129 Å². The van der Waals surface area contributed by atoms with Gasteiger partial charge in [-0.1, -0.05) is 26.7 Å². The maximum atomic E-state index is 4.66. The van der Waals surface area contributed by atoms with Crippen molar-refractivity contribution in [3.05, 3.63) is 17.6 Å². The van der Waals surface area contributed by atoms with Gasteiger partial charge in [-0.05, 0) is 45.2 Å². The summed E-state index contributed by atoms with van der Waals surface area (Å²) in [5.41, 5.74) is 1.06. The number of anilines is 1. The van der Waals surface area contributed by atoms with E-state index in [9.17, 15) is 0 Å². The van der Waals surface area contributed by atoms with Crippen LogP contribution in [0.1, 0.15) is 57.5 Å². The summed E-state index contributed by atoms with van der Waals surface area (Å²) in [6, 6.07) is 2.03. The Morgan fingerprint density at radius 1 is 1.19 bits per heavy atom. The molecule has 1 fully saturated rings. The molecule has 118 valence electrons. The molecule has 0 aromatic carbocycles. The monoisotopic (exact) mass is 290 g/mol. The number of aromatic nitrogens is 2. The Hall–Kier alpha value is -1.16. The lowest BCUT2D eigenvalue weighted by molar-refractivity contribution is 0.168. The van der Waals surface area contributed by atoms with Gasteiger partial charge in [-0.15, -0.1) is 0 Å². The fraction of sp³-hybridized carbons (Fsp3) is 0.765. The lowest BCUT2D eigenvalue weighted by atomic mass is 9.92. The van der Waals surface area contributed by atoms with E-state index in [4.69, 9.17) is 0 Å². The van der Waals surface area contributed by atoms with E-state index in [1.54, 1.807) is 0 Å². The minimum Gasteiger partial charge on any atom is -0.370 e. The smallest absolute Gasteiger partial charge is 0.144 e. The van der Waals surface area contributed by atoms with Gasteiger partial charge in [0.05, 0.1) is 6.54 Å². The van der Waals surface area contributed by atoms with Gasteiger partial charge in [-0.25, -0.2) is 9.97 Å². The topological polar surface area (TPSA) is 41.1 Å². The van der Waals surface area contributed by atoms with E-state index < -0.39 is 0 Å². The molecule has 0 atom stereocenters. The molecule has 0 saturated carbocycles. The molecule has 1 saturated heterocycles. The lowest BCUT2D eigenvalue weighted by Gasteiger charge is -2.31. The largest absolute Gasteiger partial charge is 0.370 e. The molecule has 2 rings (SSSR count). The van der Waals surface area contributed by atoms with Crippen molar-refractivity contribution >= 4 is 5.82 Å². The van der Waals surface area contributed by atoms with Crippen LogP contribution >= 0.6 is 0 Å². The summed E-state index contributed by atoms with van der Waals surface area (Å²) in [4.78, 5) is 11.8. The van der Waals surface area contributed by atoms with E-state index in [1.807, 2.05) is 6.07 Å². The van der Waals surface area contributed by atoms with Crippen LogP contribution in [0.25, 0.3) is 0 Å². The SMILES string of the molecule is CCCNc1cc(C)nc(CN2CCC(CCC)CC2)n1. The molecule has 4 heteroatoms. The predicted molar refractivity (Wildman–Crippen MR) is 88.5 cm³/mol. The molecule has 0 spiro atoms. The molecule has 0 unspecified atom stereocenters. The Bertz CT molecular complexity index is 425. The van der Waals surface area contributed by atoms with Crippen molar-refractivity contribution in [1.82, 2.24) is 14.9 Å². The highest BCUT2D eigenvalue weighted by atomic mass is 15.2. The van der Waals surface area contributed by atoms with E-state index in [0.717, 1.165) is 42.8 Å². The van der Waals surface area contributed by atoms with Gasteiger partial charge in [-0.3, -0.25) is 4.90 Å². The van der Waals surface area contributed by atoms with E-state index in [0.29, 0.717) is 0 Å². The highest BCUT2D eigenvalue weighted by Gasteiger charge is 2.19. The Morgan fingerprint density at radius 2 is 1.95 bits per heavy atom.